The molecule has 4 aliphatic rings. The van der Waals surface area contributed by atoms with E-state index < -0.39 is 33.1 Å². The van der Waals surface area contributed by atoms with Gasteiger partial charge in [-0.3, -0.25) is 9.35 Å². The predicted octanol–water partition coefficient (Wildman–Crippen LogP) is 3.06. The number of alkyl halides is 1. The van der Waals surface area contributed by atoms with Crippen molar-refractivity contribution >= 4 is 16.1 Å². The first-order valence-electron chi connectivity index (χ1n) is 8.02. The van der Waals surface area contributed by atoms with E-state index in [2.05, 4.69) is 4.74 Å². The number of ether oxygens (including phenoxy) is 1. The second kappa shape index (κ2) is 5.16. The molecule has 4 fully saturated rings. The standard InChI is InChI=1S/C15H23FO5S/c1-2-13(17)21-15(16,22(18,19)20)9-14-6-10-3-11(7-14)5-12(4-10)8-14/h10-12H,2-9H2,1H3,(H,18,19,20). The minimum Gasteiger partial charge on any atom is -0.413 e. The Bertz CT molecular complexity index is 537. The number of halogens is 1. The molecule has 5 nitrogen and oxygen atoms in total. The van der Waals surface area contributed by atoms with Crippen LogP contribution in [0.2, 0.25) is 0 Å². The summed E-state index contributed by atoms with van der Waals surface area (Å²) in [4.78, 5) is 11.4. The Hall–Kier alpha value is -0.690. The highest BCUT2D eigenvalue weighted by molar-refractivity contribution is 7.86. The van der Waals surface area contributed by atoms with Gasteiger partial charge in [0, 0.05) is 12.8 Å². The second-order valence-corrected chi connectivity index (χ2v) is 9.12. The topological polar surface area (TPSA) is 80.7 Å². The Balaban J connectivity index is 1.86. The maximum Gasteiger partial charge on any atom is 0.377 e. The summed E-state index contributed by atoms with van der Waals surface area (Å²) in [6.45, 7) is 1.46. The van der Waals surface area contributed by atoms with Crippen molar-refractivity contribution in [2.45, 2.75) is 63.5 Å². The summed E-state index contributed by atoms with van der Waals surface area (Å²) in [6, 6.07) is 0. The van der Waals surface area contributed by atoms with Crippen LogP contribution in [0.3, 0.4) is 0 Å². The second-order valence-electron chi connectivity index (χ2n) is 7.56. The molecule has 126 valence electrons. The Morgan fingerprint density at radius 3 is 2.05 bits per heavy atom. The minimum atomic E-state index is -5.12. The van der Waals surface area contributed by atoms with E-state index in [9.17, 15) is 22.2 Å². The third-order valence-corrected chi connectivity index (χ3v) is 6.69. The zero-order valence-corrected chi connectivity index (χ0v) is 13.6. The smallest absolute Gasteiger partial charge is 0.377 e. The Morgan fingerprint density at radius 2 is 1.68 bits per heavy atom. The minimum absolute atomic E-state index is 0.137. The molecule has 4 rings (SSSR count). The molecule has 1 atom stereocenters. The molecular formula is C15H23FO5S. The van der Waals surface area contributed by atoms with E-state index in [1.54, 1.807) is 0 Å². The molecule has 1 unspecified atom stereocenters. The van der Waals surface area contributed by atoms with Gasteiger partial charge >= 0.3 is 21.3 Å². The first-order valence-corrected chi connectivity index (χ1v) is 9.46. The lowest BCUT2D eigenvalue weighted by atomic mass is 9.49. The number of esters is 1. The van der Waals surface area contributed by atoms with Gasteiger partial charge in [-0.25, -0.2) is 0 Å². The highest BCUT2D eigenvalue weighted by Crippen LogP contribution is 2.63. The lowest BCUT2D eigenvalue weighted by molar-refractivity contribution is -0.177. The average molecular weight is 334 g/mol. The average Bonchev–Trinajstić information content (AvgIpc) is 2.34. The first kappa shape index (κ1) is 16.2. The monoisotopic (exact) mass is 334 g/mol. The fraction of sp³-hybridized carbons (Fsp3) is 0.933. The fourth-order valence-corrected chi connectivity index (χ4v) is 6.06. The predicted molar refractivity (Wildman–Crippen MR) is 77.0 cm³/mol. The van der Waals surface area contributed by atoms with Crippen LogP contribution in [0, 0.1) is 23.2 Å². The molecule has 1 N–H and O–H groups in total. The molecule has 7 heteroatoms. The molecule has 0 radical (unpaired) electrons. The van der Waals surface area contributed by atoms with Crippen LogP contribution < -0.4 is 0 Å². The van der Waals surface area contributed by atoms with Crippen LogP contribution in [0.4, 0.5) is 4.39 Å². The van der Waals surface area contributed by atoms with Crippen molar-refractivity contribution in [3.63, 3.8) is 0 Å². The summed E-state index contributed by atoms with van der Waals surface area (Å²) in [5.74, 6) is 0.584. The van der Waals surface area contributed by atoms with Gasteiger partial charge in [0.15, 0.2) is 0 Å². The number of carbonyl (C=O) groups is 1. The van der Waals surface area contributed by atoms with Gasteiger partial charge in [0.1, 0.15) is 0 Å². The van der Waals surface area contributed by atoms with Gasteiger partial charge in [0.25, 0.3) is 0 Å². The molecular weight excluding hydrogens is 311 g/mol. The molecule has 0 spiro atoms. The molecule has 0 aromatic carbocycles. The Morgan fingerprint density at radius 1 is 1.23 bits per heavy atom. The van der Waals surface area contributed by atoms with Gasteiger partial charge in [-0.2, -0.15) is 12.8 Å². The van der Waals surface area contributed by atoms with Crippen molar-refractivity contribution in [3.8, 4) is 0 Å². The number of carbonyl (C=O) groups excluding carboxylic acids is 1. The molecule has 0 aliphatic heterocycles. The van der Waals surface area contributed by atoms with Gasteiger partial charge in [-0.05, 0) is 61.7 Å². The van der Waals surface area contributed by atoms with Crippen LogP contribution >= 0.6 is 0 Å². The van der Waals surface area contributed by atoms with E-state index in [1.165, 1.54) is 6.92 Å². The van der Waals surface area contributed by atoms with Crippen molar-refractivity contribution in [2.24, 2.45) is 23.2 Å². The van der Waals surface area contributed by atoms with Crippen LogP contribution in [0.25, 0.3) is 0 Å². The van der Waals surface area contributed by atoms with Crippen LogP contribution in [0.5, 0.6) is 0 Å². The normalized spacial score (nSPS) is 39.5. The van der Waals surface area contributed by atoms with Crippen molar-refractivity contribution in [2.75, 3.05) is 0 Å². The zero-order valence-electron chi connectivity index (χ0n) is 12.8. The SMILES string of the molecule is CCC(=O)OC(F)(CC12CC3CC(CC(C3)C1)C2)S(=O)(=O)O. The third kappa shape index (κ3) is 2.77. The summed E-state index contributed by atoms with van der Waals surface area (Å²) >= 11 is 0. The summed E-state index contributed by atoms with van der Waals surface area (Å²) in [7, 11) is -5.12. The maximum absolute atomic E-state index is 15.0. The highest BCUT2D eigenvalue weighted by atomic mass is 32.2. The van der Waals surface area contributed by atoms with Gasteiger partial charge in [0.05, 0.1) is 0 Å². The lowest BCUT2D eigenvalue weighted by Gasteiger charge is -2.57. The number of hydrogen-bond donors (Lipinski definition) is 1. The molecule has 4 bridgehead atoms. The Labute approximate surface area is 130 Å². The number of hydrogen-bond acceptors (Lipinski definition) is 4. The quantitative estimate of drug-likeness (QED) is 0.617. The highest BCUT2D eigenvalue weighted by Gasteiger charge is 2.59. The molecule has 0 aromatic heterocycles. The van der Waals surface area contributed by atoms with E-state index in [4.69, 9.17) is 0 Å². The molecule has 0 heterocycles. The van der Waals surface area contributed by atoms with E-state index in [0.717, 1.165) is 38.5 Å². The fourth-order valence-electron chi connectivity index (χ4n) is 5.38. The van der Waals surface area contributed by atoms with Crippen molar-refractivity contribution < 1.29 is 26.9 Å². The molecule has 4 aliphatic carbocycles. The van der Waals surface area contributed by atoms with Crippen LogP contribution in [-0.4, -0.2) is 24.1 Å². The van der Waals surface area contributed by atoms with Gasteiger partial charge in [-0.15, -0.1) is 0 Å². The van der Waals surface area contributed by atoms with E-state index >= 15 is 0 Å². The van der Waals surface area contributed by atoms with Gasteiger partial charge in [-0.1, -0.05) is 6.92 Å². The van der Waals surface area contributed by atoms with Gasteiger partial charge in [0.2, 0.25) is 0 Å². The van der Waals surface area contributed by atoms with Crippen molar-refractivity contribution in [3.05, 3.63) is 0 Å². The largest absolute Gasteiger partial charge is 0.413 e. The summed E-state index contributed by atoms with van der Waals surface area (Å²) in [5, 5.41) is -3.31. The summed E-state index contributed by atoms with van der Waals surface area (Å²) in [5.41, 5.74) is -0.465. The van der Waals surface area contributed by atoms with Crippen LogP contribution in [0.1, 0.15) is 58.3 Å². The van der Waals surface area contributed by atoms with Crippen molar-refractivity contribution in [1.82, 2.24) is 0 Å². The van der Waals surface area contributed by atoms with E-state index in [1.807, 2.05) is 0 Å². The van der Waals surface area contributed by atoms with Crippen LogP contribution in [-0.2, 0) is 19.6 Å². The molecule has 22 heavy (non-hydrogen) atoms. The molecule has 4 saturated carbocycles. The molecule has 0 amide bonds. The van der Waals surface area contributed by atoms with E-state index in [0.29, 0.717) is 17.8 Å². The summed E-state index contributed by atoms with van der Waals surface area (Å²) < 4.78 is 51.9. The van der Waals surface area contributed by atoms with E-state index in [-0.39, 0.29) is 6.42 Å². The Kier molecular flexibility index (Phi) is 3.79. The van der Waals surface area contributed by atoms with Crippen molar-refractivity contribution in [1.29, 1.82) is 0 Å². The molecule has 0 saturated heterocycles. The van der Waals surface area contributed by atoms with Crippen LogP contribution in [0.15, 0.2) is 0 Å². The summed E-state index contributed by atoms with van der Waals surface area (Å²) in [6.07, 6.45) is 5.14. The third-order valence-electron chi connectivity index (χ3n) is 5.69. The number of rotatable bonds is 5. The van der Waals surface area contributed by atoms with Gasteiger partial charge < -0.3 is 4.74 Å². The zero-order chi connectivity index (χ0) is 16.2. The maximum atomic E-state index is 15.0. The molecule has 0 aromatic rings. The first-order chi connectivity index (χ1) is 10.1. The lowest BCUT2D eigenvalue weighted by Crippen LogP contribution is -2.51.